The molecule has 0 amide bonds. The quantitative estimate of drug-likeness (QED) is 0.538. The van der Waals surface area contributed by atoms with Crippen LogP contribution in [0.5, 0.6) is 0 Å². The Morgan fingerprint density at radius 1 is 1.17 bits per heavy atom. The molecule has 0 N–H and O–H groups in total. The van der Waals surface area contributed by atoms with Crippen LogP contribution in [0.4, 0.5) is 0 Å². The Morgan fingerprint density at radius 3 is 2.42 bits per heavy atom. The highest BCUT2D eigenvalue weighted by atomic mass is 15.1. The van der Waals surface area contributed by atoms with Gasteiger partial charge >= 0.3 is 0 Å². The fourth-order valence-electron chi connectivity index (χ4n) is 1.48. The predicted molar refractivity (Wildman–Crippen MR) is 52.9 cm³/mol. The number of hydrogen-bond acceptors (Lipinski definition) is 1. The molecule has 0 aliphatic carbocycles. The second kappa shape index (κ2) is 5.22. The maximum absolute atomic E-state index is 3.23. The Bertz CT molecular complexity index is 167. The van der Waals surface area contributed by atoms with E-state index >= 15 is 0 Å². The van der Waals surface area contributed by atoms with Gasteiger partial charge in [-0.3, -0.25) is 4.90 Å². The summed E-state index contributed by atoms with van der Waals surface area (Å²) in [5, 5.41) is 0. The van der Waals surface area contributed by atoms with E-state index < -0.39 is 0 Å². The van der Waals surface area contributed by atoms with E-state index in [2.05, 4.69) is 30.6 Å². The van der Waals surface area contributed by atoms with Crippen molar-refractivity contribution in [2.75, 3.05) is 19.6 Å². The van der Waals surface area contributed by atoms with Crippen LogP contribution in [0.2, 0.25) is 0 Å². The summed E-state index contributed by atoms with van der Waals surface area (Å²) in [4.78, 5) is 2.46. The fourth-order valence-corrected chi connectivity index (χ4v) is 1.48. The van der Waals surface area contributed by atoms with E-state index in [0.717, 1.165) is 6.54 Å². The Morgan fingerprint density at radius 2 is 1.83 bits per heavy atom. The van der Waals surface area contributed by atoms with Crippen molar-refractivity contribution in [2.24, 2.45) is 5.92 Å². The molecule has 68 valence electrons. The van der Waals surface area contributed by atoms with Crippen LogP contribution in [0.15, 0.2) is 0 Å². The number of rotatable bonds is 1. The molecule has 1 heteroatoms. The topological polar surface area (TPSA) is 3.24 Å². The van der Waals surface area contributed by atoms with Crippen molar-refractivity contribution in [3.63, 3.8) is 0 Å². The van der Waals surface area contributed by atoms with Crippen molar-refractivity contribution >= 4 is 0 Å². The summed E-state index contributed by atoms with van der Waals surface area (Å²) in [7, 11) is 0. The maximum atomic E-state index is 3.23. The molecule has 0 spiro atoms. The summed E-state index contributed by atoms with van der Waals surface area (Å²) in [6, 6.07) is 0. The molecule has 0 aromatic heterocycles. The van der Waals surface area contributed by atoms with Gasteiger partial charge in [0.1, 0.15) is 0 Å². The van der Waals surface area contributed by atoms with E-state index in [4.69, 9.17) is 0 Å². The molecule has 0 radical (unpaired) electrons. The van der Waals surface area contributed by atoms with E-state index in [1.807, 2.05) is 0 Å². The fraction of sp³-hybridized carbons (Fsp3) is 0.818. The van der Waals surface area contributed by atoms with Crippen molar-refractivity contribution in [3.05, 3.63) is 0 Å². The van der Waals surface area contributed by atoms with Gasteiger partial charge in [-0.15, -0.1) is 0 Å². The molecule has 0 bridgehead atoms. The van der Waals surface area contributed by atoms with Crippen molar-refractivity contribution in [1.29, 1.82) is 0 Å². The van der Waals surface area contributed by atoms with E-state index in [0.29, 0.717) is 5.92 Å². The molecule has 1 aliphatic rings. The molecule has 1 heterocycles. The zero-order valence-corrected chi connectivity index (χ0v) is 8.27. The molecular weight excluding hydrogens is 146 g/mol. The molecule has 1 rings (SSSR count). The van der Waals surface area contributed by atoms with Crippen molar-refractivity contribution in [3.8, 4) is 11.8 Å². The highest BCUT2D eigenvalue weighted by Crippen LogP contribution is 2.07. The van der Waals surface area contributed by atoms with Crippen molar-refractivity contribution in [1.82, 2.24) is 4.90 Å². The van der Waals surface area contributed by atoms with Gasteiger partial charge in [0.15, 0.2) is 0 Å². The molecule has 1 aliphatic heterocycles. The number of likely N-dealkylation sites (tertiary alicyclic amines) is 1. The van der Waals surface area contributed by atoms with Crippen LogP contribution in [0, 0.1) is 17.8 Å². The van der Waals surface area contributed by atoms with Gasteiger partial charge in [0.05, 0.1) is 6.54 Å². The smallest absolute Gasteiger partial charge is 0.0601 e. The summed E-state index contributed by atoms with van der Waals surface area (Å²) >= 11 is 0. The van der Waals surface area contributed by atoms with Crippen LogP contribution >= 0.6 is 0 Å². The Balaban J connectivity index is 2.18. The average Bonchev–Trinajstić information content (AvgIpc) is 2.05. The Hall–Kier alpha value is -0.480. The monoisotopic (exact) mass is 165 g/mol. The van der Waals surface area contributed by atoms with E-state index in [9.17, 15) is 0 Å². The first-order valence-corrected chi connectivity index (χ1v) is 5.00. The van der Waals surface area contributed by atoms with Gasteiger partial charge < -0.3 is 0 Å². The lowest BCUT2D eigenvalue weighted by molar-refractivity contribution is 0.255. The minimum absolute atomic E-state index is 0.523. The lowest BCUT2D eigenvalue weighted by Crippen LogP contribution is -2.29. The summed E-state index contributed by atoms with van der Waals surface area (Å²) in [6.45, 7) is 7.78. The largest absolute Gasteiger partial charge is 0.292 e. The average molecular weight is 165 g/mol. The van der Waals surface area contributed by atoms with Gasteiger partial charge in [0, 0.05) is 5.92 Å². The zero-order valence-electron chi connectivity index (χ0n) is 8.27. The standard InChI is InChI=1S/C11H19N/c1-11(2)7-6-10-12-8-4-3-5-9-12/h11H,3-5,8-10H2,1-2H3. The van der Waals surface area contributed by atoms with Crippen molar-refractivity contribution < 1.29 is 0 Å². The van der Waals surface area contributed by atoms with Crippen LogP contribution < -0.4 is 0 Å². The minimum Gasteiger partial charge on any atom is -0.292 e. The van der Waals surface area contributed by atoms with E-state index in [-0.39, 0.29) is 0 Å². The van der Waals surface area contributed by atoms with Crippen LogP contribution in [0.1, 0.15) is 33.1 Å². The Kier molecular flexibility index (Phi) is 4.18. The summed E-state index contributed by atoms with van der Waals surface area (Å²) in [5.74, 6) is 6.95. The highest BCUT2D eigenvalue weighted by Gasteiger charge is 2.07. The molecule has 1 saturated heterocycles. The molecular formula is C11H19N. The molecule has 1 fully saturated rings. The Labute approximate surface area is 76.1 Å². The first-order valence-electron chi connectivity index (χ1n) is 5.00. The predicted octanol–water partition coefficient (Wildman–Crippen LogP) is 2.13. The van der Waals surface area contributed by atoms with Gasteiger partial charge in [-0.05, 0) is 25.9 Å². The molecule has 0 saturated carbocycles. The first-order chi connectivity index (χ1) is 5.79. The molecule has 0 atom stereocenters. The van der Waals surface area contributed by atoms with Gasteiger partial charge in [0.25, 0.3) is 0 Å². The SMILES string of the molecule is CC(C)C#CCN1CCCCC1. The molecule has 0 aromatic carbocycles. The van der Waals surface area contributed by atoms with E-state index in [1.54, 1.807) is 0 Å². The van der Waals surface area contributed by atoms with Gasteiger partial charge in [-0.2, -0.15) is 0 Å². The van der Waals surface area contributed by atoms with Crippen LogP contribution in [0.3, 0.4) is 0 Å². The van der Waals surface area contributed by atoms with Crippen LogP contribution in [-0.2, 0) is 0 Å². The molecule has 0 unspecified atom stereocenters. The maximum Gasteiger partial charge on any atom is 0.0601 e. The normalized spacial score (nSPS) is 18.9. The van der Waals surface area contributed by atoms with Crippen LogP contribution in [0.25, 0.3) is 0 Å². The number of nitrogens with zero attached hydrogens (tertiary/aromatic N) is 1. The number of hydrogen-bond donors (Lipinski definition) is 0. The number of piperidine rings is 1. The molecule has 1 nitrogen and oxygen atoms in total. The van der Waals surface area contributed by atoms with Crippen LogP contribution in [-0.4, -0.2) is 24.5 Å². The van der Waals surface area contributed by atoms with Gasteiger partial charge in [-0.1, -0.05) is 32.1 Å². The molecule has 12 heavy (non-hydrogen) atoms. The molecule has 0 aromatic rings. The highest BCUT2D eigenvalue weighted by molar-refractivity contribution is 5.03. The summed E-state index contributed by atoms with van der Waals surface area (Å²) < 4.78 is 0. The lowest BCUT2D eigenvalue weighted by atomic mass is 10.1. The first kappa shape index (κ1) is 9.61. The minimum atomic E-state index is 0.523. The second-order valence-corrected chi connectivity index (χ2v) is 3.81. The van der Waals surface area contributed by atoms with E-state index in [1.165, 1.54) is 32.4 Å². The van der Waals surface area contributed by atoms with Gasteiger partial charge in [-0.25, -0.2) is 0 Å². The second-order valence-electron chi connectivity index (χ2n) is 3.81. The third-order valence-electron chi connectivity index (χ3n) is 2.14. The van der Waals surface area contributed by atoms with Gasteiger partial charge in [0.2, 0.25) is 0 Å². The van der Waals surface area contributed by atoms with Crippen molar-refractivity contribution in [2.45, 2.75) is 33.1 Å². The third kappa shape index (κ3) is 3.78. The summed E-state index contributed by atoms with van der Waals surface area (Å²) in [5.41, 5.74) is 0. The zero-order chi connectivity index (χ0) is 8.81. The lowest BCUT2D eigenvalue weighted by Gasteiger charge is -2.23. The summed E-state index contributed by atoms with van der Waals surface area (Å²) in [6.07, 6.45) is 4.14. The third-order valence-corrected chi connectivity index (χ3v) is 2.14.